The van der Waals surface area contributed by atoms with Crippen LogP contribution in [-0.4, -0.2) is 47.7 Å². The average molecular weight is 294 g/mol. The van der Waals surface area contributed by atoms with Crippen molar-refractivity contribution >= 4 is 5.91 Å². The molecule has 1 amide bonds. The van der Waals surface area contributed by atoms with E-state index in [1.54, 1.807) is 0 Å². The van der Waals surface area contributed by atoms with E-state index in [0.717, 1.165) is 11.8 Å². The molecule has 0 spiro atoms. The fourth-order valence-corrected chi connectivity index (χ4v) is 3.91. The number of aliphatic hydroxyl groups excluding tert-OH is 1. The first-order valence-corrected chi connectivity index (χ1v) is 8.92. The molecule has 0 aliphatic heterocycles. The highest BCUT2D eigenvalue weighted by atomic mass is 16.3. The van der Waals surface area contributed by atoms with Crippen molar-refractivity contribution in [2.75, 3.05) is 19.7 Å². The predicted octanol–water partition coefficient (Wildman–Crippen LogP) is 1.92. The molecule has 0 atom stereocenters. The van der Waals surface area contributed by atoms with Gasteiger partial charge in [0.05, 0.1) is 13.2 Å². The molecule has 21 heavy (non-hydrogen) atoms. The zero-order valence-electron chi connectivity index (χ0n) is 13.1. The highest BCUT2D eigenvalue weighted by molar-refractivity contribution is 5.78. The van der Waals surface area contributed by atoms with Gasteiger partial charge in [-0.1, -0.05) is 19.3 Å². The summed E-state index contributed by atoms with van der Waals surface area (Å²) in [5.74, 6) is 1.68. The van der Waals surface area contributed by atoms with Crippen LogP contribution in [-0.2, 0) is 4.79 Å². The second-order valence-electron chi connectivity index (χ2n) is 7.25. The van der Waals surface area contributed by atoms with Gasteiger partial charge in [-0.15, -0.1) is 0 Å². The zero-order chi connectivity index (χ0) is 14.7. The van der Waals surface area contributed by atoms with Crippen LogP contribution in [0, 0.1) is 11.8 Å². The molecule has 2 N–H and O–H groups in total. The number of hydrogen-bond donors (Lipinski definition) is 2. The Bertz CT molecular complexity index is 335. The molecule has 120 valence electrons. The largest absolute Gasteiger partial charge is 0.395 e. The van der Waals surface area contributed by atoms with Crippen molar-refractivity contribution < 1.29 is 9.90 Å². The molecular formula is C17H30N2O2. The monoisotopic (exact) mass is 294 g/mol. The van der Waals surface area contributed by atoms with Crippen molar-refractivity contribution in [3.05, 3.63) is 0 Å². The Morgan fingerprint density at radius 1 is 1.05 bits per heavy atom. The smallest absolute Gasteiger partial charge is 0.234 e. The molecule has 0 radical (unpaired) electrons. The van der Waals surface area contributed by atoms with Crippen molar-refractivity contribution in [2.24, 2.45) is 11.8 Å². The third-order valence-electron chi connectivity index (χ3n) is 5.41. The Balaban J connectivity index is 1.50. The maximum atomic E-state index is 12.4. The summed E-state index contributed by atoms with van der Waals surface area (Å²) in [7, 11) is 0. The molecular weight excluding hydrogens is 264 g/mol. The minimum absolute atomic E-state index is 0.151. The summed E-state index contributed by atoms with van der Waals surface area (Å²) in [6.07, 6.45) is 11.4. The maximum absolute atomic E-state index is 12.4. The summed E-state index contributed by atoms with van der Waals surface area (Å²) >= 11 is 0. The van der Waals surface area contributed by atoms with E-state index >= 15 is 0 Å². The molecule has 3 fully saturated rings. The SMILES string of the molecule is O=C(CN(CCO)C1CCCCC1)NC(C1CC1)C1CC1. The molecule has 4 nitrogen and oxygen atoms in total. The highest BCUT2D eigenvalue weighted by Gasteiger charge is 2.42. The number of nitrogens with one attached hydrogen (secondary N) is 1. The summed E-state index contributed by atoms with van der Waals surface area (Å²) in [4.78, 5) is 14.6. The van der Waals surface area contributed by atoms with Crippen LogP contribution >= 0.6 is 0 Å². The van der Waals surface area contributed by atoms with Crippen LogP contribution in [0.5, 0.6) is 0 Å². The maximum Gasteiger partial charge on any atom is 0.234 e. The number of hydrogen-bond acceptors (Lipinski definition) is 3. The lowest BCUT2D eigenvalue weighted by atomic mass is 9.94. The summed E-state index contributed by atoms with van der Waals surface area (Å²) in [5.41, 5.74) is 0. The number of carbonyl (C=O) groups is 1. The standard InChI is InChI=1S/C17H30N2O2/c20-11-10-19(15-4-2-1-3-5-15)12-16(21)18-17(13-6-7-13)14-8-9-14/h13-15,17,20H,1-12H2,(H,18,21). The number of rotatable bonds is 8. The molecule has 3 aliphatic rings. The molecule has 0 unspecified atom stereocenters. The van der Waals surface area contributed by atoms with Crippen molar-refractivity contribution in [1.82, 2.24) is 10.2 Å². The van der Waals surface area contributed by atoms with Crippen LogP contribution in [0.2, 0.25) is 0 Å². The van der Waals surface area contributed by atoms with Gasteiger partial charge in [0.15, 0.2) is 0 Å². The van der Waals surface area contributed by atoms with Gasteiger partial charge in [-0.05, 0) is 50.4 Å². The third-order valence-corrected chi connectivity index (χ3v) is 5.41. The van der Waals surface area contributed by atoms with Crippen LogP contribution in [0.15, 0.2) is 0 Å². The van der Waals surface area contributed by atoms with Gasteiger partial charge in [0.25, 0.3) is 0 Å². The van der Waals surface area contributed by atoms with Gasteiger partial charge < -0.3 is 10.4 Å². The van der Waals surface area contributed by atoms with Gasteiger partial charge in [-0.2, -0.15) is 0 Å². The van der Waals surface area contributed by atoms with Gasteiger partial charge in [0.2, 0.25) is 5.91 Å². The van der Waals surface area contributed by atoms with E-state index in [-0.39, 0.29) is 12.5 Å². The number of amides is 1. The van der Waals surface area contributed by atoms with Crippen LogP contribution < -0.4 is 5.32 Å². The van der Waals surface area contributed by atoms with Crippen molar-refractivity contribution in [2.45, 2.75) is 69.9 Å². The first-order chi connectivity index (χ1) is 10.3. The molecule has 0 saturated heterocycles. The lowest BCUT2D eigenvalue weighted by Gasteiger charge is -2.33. The molecule has 0 aromatic heterocycles. The first kappa shape index (κ1) is 15.3. The van der Waals surface area contributed by atoms with Gasteiger partial charge in [0.1, 0.15) is 0 Å². The van der Waals surface area contributed by atoms with Crippen molar-refractivity contribution in [3.63, 3.8) is 0 Å². The first-order valence-electron chi connectivity index (χ1n) is 8.92. The molecule has 3 saturated carbocycles. The van der Waals surface area contributed by atoms with Crippen LogP contribution in [0.4, 0.5) is 0 Å². The highest BCUT2D eigenvalue weighted by Crippen LogP contribution is 2.44. The Morgan fingerprint density at radius 3 is 2.19 bits per heavy atom. The van der Waals surface area contributed by atoms with Crippen molar-refractivity contribution in [1.29, 1.82) is 0 Å². The van der Waals surface area contributed by atoms with E-state index < -0.39 is 0 Å². The fraction of sp³-hybridized carbons (Fsp3) is 0.941. The van der Waals surface area contributed by atoms with E-state index in [1.165, 1.54) is 57.8 Å². The summed E-state index contributed by atoms with van der Waals surface area (Å²) in [6, 6.07) is 0.941. The fourth-order valence-electron chi connectivity index (χ4n) is 3.91. The normalized spacial score (nSPS) is 23.8. The Hall–Kier alpha value is -0.610. The molecule has 0 heterocycles. The molecule has 3 rings (SSSR count). The number of carbonyl (C=O) groups excluding carboxylic acids is 1. The molecule has 3 aliphatic carbocycles. The van der Waals surface area contributed by atoms with Gasteiger partial charge >= 0.3 is 0 Å². The van der Waals surface area contributed by atoms with Crippen LogP contribution in [0.1, 0.15) is 57.8 Å². The minimum Gasteiger partial charge on any atom is -0.395 e. The predicted molar refractivity (Wildman–Crippen MR) is 82.9 cm³/mol. The van der Waals surface area contributed by atoms with E-state index in [4.69, 9.17) is 0 Å². The van der Waals surface area contributed by atoms with Gasteiger partial charge in [-0.3, -0.25) is 9.69 Å². The zero-order valence-corrected chi connectivity index (χ0v) is 13.1. The number of nitrogens with zero attached hydrogens (tertiary/aromatic N) is 1. The average Bonchev–Trinajstić information content (AvgIpc) is 3.39. The Morgan fingerprint density at radius 2 is 1.67 bits per heavy atom. The number of aliphatic hydroxyl groups is 1. The Kier molecular flexibility index (Phi) is 5.17. The second kappa shape index (κ2) is 7.10. The topological polar surface area (TPSA) is 52.6 Å². The summed E-state index contributed by atoms with van der Waals surface area (Å²) in [5, 5.41) is 12.6. The lowest BCUT2D eigenvalue weighted by Crippen LogP contribution is -2.48. The minimum atomic E-state index is 0.151. The summed E-state index contributed by atoms with van der Waals surface area (Å²) in [6.45, 7) is 1.26. The summed E-state index contributed by atoms with van der Waals surface area (Å²) < 4.78 is 0. The molecule has 0 bridgehead atoms. The molecule has 4 heteroatoms. The van der Waals surface area contributed by atoms with Crippen molar-refractivity contribution in [3.8, 4) is 0 Å². The third kappa shape index (κ3) is 4.43. The molecule has 0 aromatic rings. The van der Waals surface area contributed by atoms with Crippen LogP contribution in [0.3, 0.4) is 0 Å². The van der Waals surface area contributed by atoms with E-state index in [9.17, 15) is 9.90 Å². The lowest BCUT2D eigenvalue weighted by molar-refractivity contribution is -0.124. The van der Waals surface area contributed by atoms with Gasteiger partial charge in [-0.25, -0.2) is 0 Å². The quantitative estimate of drug-likeness (QED) is 0.719. The second-order valence-corrected chi connectivity index (χ2v) is 7.25. The van der Waals surface area contributed by atoms with Crippen LogP contribution in [0.25, 0.3) is 0 Å². The molecule has 0 aromatic carbocycles. The van der Waals surface area contributed by atoms with E-state index in [2.05, 4.69) is 10.2 Å². The Labute approximate surface area is 128 Å². The van der Waals surface area contributed by atoms with Gasteiger partial charge in [0, 0.05) is 18.6 Å². The van der Waals surface area contributed by atoms with E-state index in [1.807, 2.05) is 0 Å². The van der Waals surface area contributed by atoms with E-state index in [0.29, 0.717) is 25.2 Å².